The maximum atomic E-state index is 12.1. The summed E-state index contributed by atoms with van der Waals surface area (Å²) in [5.74, 6) is -0.486. The van der Waals surface area contributed by atoms with Gasteiger partial charge in [-0.3, -0.25) is 14.5 Å². The number of nitrogens with zero attached hydrogens (tertiary/aromatic N) is 1. The molecule has 0 aliphatic heterocycles. The van der Waals surface area contributed by atoms with E-state index >= 15 is 0 Å². The molecule has 0 bridgehead atoms. The first kappa shape index (κ1) is 19.7. The third-order valence-electron chi connectivity index (χ3n) is 3.08. The molecule has 0 atom stereocenters. The van der Waals surface area contributed by atoms with Crippen molar-refractivity contribution in [2.75, 3.05) is 31.6 Å². The van der Waals surface area contributed by atoms with Gasteiger partial charge in [-0.25, -0.2) is 0 Å². The molecule has 5 nitrogen and oxygen atoms in total. The lowest BCUT2D eigenvalue weighted by atomic mass is 10.3. The summed E-state index contributed by atoms with van der Waals surface area (Å²) < 4.78 is 4.94. The summed E-state index contributed by atoms with van der Waals surface area (Å²) in [5, 5.41) is 3.49. The number of hydrogen-bond acceptors (Lipinski definition) is 4. The summed E-state index contributed by atoms with van der Waals surface area (Å²) in [4.78, 5) is 25.5. The highest BCUT2D eigenvalue weighted by atomic mass is 35.5. The lowest BCUT2D eigenvalue weighted by molar-refractivity contribution is -0.144. The average molecular weight is 361 g/mol. The van der Waals surface area contributed by atoms with E-state index in [1.165, 1.54) is 0 Å². The molecule has 0 unspecified atom stereocenters. The van der Waals surface area contributed by atoms with E-state index in [1.807, 2.05) is 11.8 Å². The highest BCUT2D eigenvalue weighted by molar-refractivity contribution is 6.39. The molecule has 1 aromatic rings. The van der Waals surface area contributed by atoms with E-state index in [0.717, 1.165) is 13.0 Å². The summed E-state index contributed by atoms with van der Waals surface area (Å²) in [6, 6.07) is 5.03. The van der Waals surface area contributed by atoms with Gasteiger partial charge in [-0.15, -0.1) is 0 Å². The number of carbonyl (C=O) groups is 2. The largest absolute Gasteiger partial charge is 0.465 e. The van der Waals surface area contributed by atoms with Crippen molar-refractivity contribution in [3.63, 3.8) is 0 Å². The maximum Gasteiger partial charge on any atom is 0.320 e. The fourth-order valence-electron chi connectivity index (χ4n) is 2.05. The predicted octanol–water partition coefficient (Wildman–Crippen LogP) is 3.60. The summed E-state index contributed by atoms with van der Waals surface area (Å²) in [6.45, 7) is 5.50. The van der Waals surface area contributed by atoms with Gasteiger partial charge in [0.1, 0.15) is 0 Å². The molecule has 0 saturated carbocycles. The molecule has 0 radical (unpaired) electrons. The number of amides is 1. The van der Waals surface area contributed by atoms with Crippen molar-refractivity contribution in [1.29, 1.82) is 0 Å². The molecule has 1 rings (SSSR count). The molecule has 0 aliphatic carbocycles. The standard InChI is InChI=1S/C16H22Cl2N2O3/c1-3-9-20(11-15(22)23-4-2)10-8-14(21)19-16-12(17)6-5-7-13(16)18/h5-7H,3-4,8-11H2,1-2H3,(H,19,21). The van der Waals surface area contributed by atoms with Crippen molar-refractivity contribution in [1.82, 2.24) is 4.90 Å². The summed E-state index contributed by atoms with van der Waals surface area (Å²) in [5.41, 5.74) is 0.410. The van der Waals surface area contributed by atoms with Crippen molar-refractivity contribution in [3.05, 3.63) is 28.2 Å². The highest BCUT2D eigenvalue weighted by Crippen LogP contribution is 2.29. The molecule has 0 spiro atoms. The number of para-hydroxylation sites is 1. The fourth-order valence-corrected chi connectivity index (χ4v) is 2.55. The van der Waals surface area contributed by atoms with Crippen molar-refractivity contribution in [2.45, 2.75) is 26.7 Å². The van der Waals surface area contributed by atoms with E-state index in [1.54, 1.807) is 25.1 Å². The average Bonchev–Trinajstić information content (AvgIpc) is 2.49. The van der Waals surface area contributed by atoms with Crippen LogP contribution in [0.2, 0.25) is 10.0 Å². The Hall–Kier alpha value is -1.30. The van der Waals surface area contributed by atoms with Crippen molar-refractivity contribution >= 4 is 40.8 Å². The third kappa shape index (κ3) is 7.20. The van der Waals surface area contributed by atoms with E-state index in [4.69, 9.17) is 27.9 Å². The third-order valence-corrected chi connectivity index (χ3v) is 3.71. The van der Waals surface area contributed by atoms with Gasteiger partial charge in [-0.2, -0.15) is 0 Å². The molecule has 128 valence electrons. The zero-order valence-electron chi connectivity index (χ0n) is 13.4. The number of nitrogens with one attached hydrogen (secondary N) is 1. The summed E-state index contributed by atoms with van der Waals surface area (Å²) in [6.07, 6.45) is 1.12. The second-order valence-electron chi connectivity index (χ2n) is 4.98. The topological polar surface area (TPSA) is 58.6 Å². The summed E-state index contributed by atoms with van der Waals surface area (Å²) in [7, 11) is 0. The number of anilines is 1. The van der Waals surface area contributed by atoms with Crippen LogP contribution in [0.3, 0.4) is 0 Å². The lowest BCUT2D eigenvalue weighted by Gasteiger charge is -2.20. The van der Waals surface area contributed by atoms with Gasteiger partial charge < -0.3 is 10.1 Å². The Labute approximate surface area is 146 Å². The second-order valence-corrected chi connectivity index (χ2v) is 5.79. The van der Waals surface area contributed by atoms with Crippen LogP contribution in [0.1, 0.15) is 26.7 Å². The zero-order valence-corrected chi connectivity index (χ0v) is 14.9. The predicted molar refractivity (Wildman–Crippen MR) is 93.1 cm³/mol. The number of hydrogen-bond donors (Lipinski definition) is 1. The Balaban J connectivity index is 2.53. The molecule has 23 heavy (non-hydrogen) atoms. The Kier molecular flexibility index (Phi) is 8.99. The van der Waals surface area contributed by atoms with Crippen LogP contribution >= 0.6 is 23.2 Å². The van der Waals surface area contributed by atoms with Gasteiger partial charge in [0.25, 0.3) is 0 Å². The Morgan fingerprint density at radius 1 is 1.17 bits per heavy atom. The first-order valence-corrected chi connectivity index (χ1v) is 8.35. The SMILES string of the molecule is CCCN(CCC(=O)Nc1c(Cl)cccc1Cl)CC(=O)OCC. The van der Waals surface area contributed by atoms with Gasteiger partial charge >= 0.3 is 5.97 Å². The van der Waals surface area contributed by atoms with Crippen LogP contribution < -0.4 is 5.32 Å². The number of benzene rings is 1. The molecule has 0 heterocycles. The lowest BCUT2D eigenvalue weighted by Crippen LogP contribution is -2.34. The minimum Gasteiger partial charge on any atom is -0.465 e. The molecular weight excluding hydrogens is 339 g/mol. The Morgan fingerprint density at radius 3 is 2.39 bits per heavy atom. The van der Waals surface area contributed by atoms with E-state index in [-0.39, 0.29) is 24.8 Å². The Morgan fingerprint density at radius 2 is 1.83 bits per heavy atom. The van der Waals surface area contributed by atoms with E-state index in [9.17, 15) is 9.59 Å². The van der Waals surface area contributed by atoms with Gasteiger partial charge in [0.15, 0.2) is 0 Å². The highest BCUT2D eigenvalue weighted by Gasteiger charge is 2.14. The van der Waals surface area contributed by atoms with Crippen molar-refractivity contribution in [2.24, 2.45) is 0 Å². The first-order chi connectivity index (χ1) is 11.0. The van der Waals surface area contributed by atoms with Crippen LogP contribution in [-0.4, -0.2) is 43.0 Å². The minimum absolute atomic E-state index is 0.182. The smallest absolute Gasteiger partial charge is 0.320 e. The van der Waals surface area contributed by atoms with E-state index in [2.05, 4.69) is 5.32 Å². The number of carbonyl (C=O) groups excluding carboxylic acids is 2. The van der Waals surface area contributed by atoms with Gasteiger partial charge in [-0.1, -0.05) is 36.2 Å². The molecule has 0 aliphatic rings. The molecular formula is C16H22Cl2N2O3. The minimum atomic E-state index is -0.282. The van der Waals surface area contributed by atoms with Crippen molar-refractivity contribution in [3.8, 4) is 0 Å². The van der Waals surface area contributed by atoms with Gasteiger partial charge in [-0.05, 0) is 32.0 Å². The quantitative estimate of drug-likeness (QED) is 0.683. The van der Waals surface area contributed by atoms with Crippen LogP contribution in [0.5, 0.6) is 0 Å². The van der Waals surface area contributed by atoms with Crippen molar-refractivity contribution < 1.29 is 14.3 Å². The zero-order chi connectivity index (χ0) is 17.2. The van der Waals surface area contributed by atoms with Crippen LogP contribution in [0.15, 0.2) is 18.2 Å². The molecule has 1 N–H and O–H groups in total. The van der Waals surface area contributed by atoms with Gasteiger partial charge in [0.05, 0.1) is 28.9 Å². The normalized spacial score (nSPS) is 10.7. The number of halogens is 2. The second kappa shape index (κ2) is 10.5. The van der Waals surface area contributed by atoms with E-state index < -0.39 is 0 Å². The number of esters is 1. The molecule has 1 aromatic carbocycles. The molecule has 1 amide bonds. The molecule has 0 saturated heterocycles. The monoisotopic (exact) mass is 360 g/mol. The van der Waals surface area contributed by atoms with Crippen LogP contribution in [0.4, 0.5) is 5.69 Å². The molecule has 0 aromatic heterocycles. The van der Waals surface area contributed by atoms with Gasteiger partial charge in [0, 0.05) is 13.0 Å². The number of ether oxygens (including phenoxy) is 1. The molecule has 7 heteroatoms. The fraction of sp³-hybridized carbons (Fsp3) is 0.500. The van der Waals surface area contributed by atoms with Gasteiger partial charge in [0.2, 0.25) is 5.91 Å². The first-order valence-electron chi connectivity index (χ1n) is 7.59. The number of rotatable bonds is 9. The van der Waals surface area contributed by atoms with Crippen LogP contribution in [-0.2, 0) is 14.3 Å². The van der Waals surface area contributed by atoms with Crippen LogP contribution in [0, 0.1) is 0 Å². The Bertz CT molecular complexity index is 518. The van der Waals surface area contributed by atoms with Crippen LogP contribution in [0.25, 0.3) is 0 Å². The molecule has 0 fully saturated rings. The van der Waals surface area contributed by atoms with E-state index in [0.29, 0.717) is 28.9 Å². The summed E-state index contributed by atoms with van der Waals surface area (Å²) >= 11 is 12.0. The maximum absolute atomic E-state index is 12.1.